The zero-order valence-corrected chi connectivity index (χ0v) is 10.0. The molecule has 1 rings (SSSR count). The summed E-state index contributed by atoms with van der Waals surface area (Å²) >= 11 is 10.8. The van der Waals surface area contributed by atoms with Crippen LogP contribution in [0.1, 0.15) is 0 Å². The number of halogens is 1. The number of nitriles is 1. The molecule has 0 aliphatic carbocycles. The van der Waals surface area contributed by atoms with Gasteiger partial charge in [-0.05, 0) is 36.5 Å². The SMILES string of the molecule is C=C(C#N)CNC(=S)Nc1ccc(Cl)cc1. The lowest BCUT2D eigenvalue weighted by molar-refractivity contribution is 1.03. The number of thiocarbonyl (C=S) groups is 1. The van der Waals surface area contributed by atoms with Crippen molar-refractivity contribution < 1.29 is 0 Å². The molecule has 3 nitrogen and oxygen atoms in total. The Bertz CT molecular complexity index is 434. The molecule has 0 saturated carbocycles. The molecule has 0 saturated heterocycles. The highest BCUT2D eigenvalue weighted by Crippen LogP contribution is 2.12. The van der Waals surface area contributed by atoms with Crippen LogP contribution in [-0.2, 0) is 0 Å². The van der Waals surface area contributed by atoms with E-state index in [-0.39, 0.29) is 0 Å². The fourth-order valence-electron chi connectivity index (χ4n) is 0.935. The van der Waals surface area contributed by atoms with Crippen LogP contribution in [0.4, 0.5) is 5.69 Å². The zero-order valence-electron chi connectivity index (χ0n) is 8.46. The molecular formula is C11H10ClN3S. The van der Waals surface area contributed by atoms with Gasteiger partial charge in [0.2, 0.25) is 0 Å². The van der Waals surface area contributed by atoms with E-state index in [2.05, 4.69) is 17.2 Å². The molecule has 0 fully saturated rings. The molecule has 0 amide bonds. The molecule has 0 radical (unpaired) electrons. The highest BCUT2D eigenvalue weighted by Gasteiger charge is 1.98. The quantitative estimate of drug-likeness (QED) is 0.641. The van der Waals surface area contributed by atoms with Gasteiger partial charge in [0.1, 0.15) is 0 Å². The molecule has 1 aromatic carbocycles. The van der Waals surface area contributed by atoms with Crippen LogP contribution in [0.2, 0.25) is 5.02 Å². The number of rotatable bonds is 3. The molecule has 0 atom stereocenters. The number of nitrogens with one attached hydrogen (secondary N) is 2. The third kappa shape index (κ3) is 4.30. The average molecular weight is 252 g/mol. The van der Waals surface area contributed by atoms with Crippen LogP contribution in [0.5, 0.6) is 0 Å². The molecule has 0 unspecified atom stereocenters. The standard InChI is InChI=1S/C11H10ClN3S/c1-8(6-13)7-14-11(16)15-10-4-2-9(12)3-5-10/h2-5H,1,7H2,(H2,14,15,16). The number of anilines is 1. The van der Waals surface area contributed by atoms with Crippen LogP contribution < -0.4 is 10.6 Å². The highest BCUT2D eigenvalue weighted by molar-refractivity contribution is 7.80. The van der Waals surface area contributed by atoms with Gasteiger partial charge in [-0.25, -0.2) is 0 Å². The van der Waals surface area contributed by atoms with E-state index in [0.717, 1.165) is 5.69 Å². The van der Waals surface area contributed by atoms with Crippen molar-refractivity contribution in [1.82, 2.24) is 5.32 Å². The number of hydrogen-bond acceptors (Lipinski definition) is 2. The zero-order chi connectivity index (χ0) is 12.0. The number of benzene rings is 1. The van der Waals surface area contributed by atoms with Gasteiger partial charge >= 0.3 is 0 Å². The second kappa shape index (κ2) is 6.11. The Kier molecular flexibility index (Phi) is 4.77. The molecule has 0 aromatic heterocycles. The first-order chi connectivity index (χ1) is 7.61. The first kappa shape index (κ1) is 12.5. The topological polar surface area (TPSA) is 47.9 Å². The molecule has 0 aliphatic rings. The fourth-order valence-corrected chi connectivity index (χ4v) is 1.25. The summed E-state index contributed by atoms with van der Waals surface area (Å²) in [4.78, 5) is 0. The molecule has 1 aromatic rings. The van der Waals surface area contributed by atoms with E-state index in [9.17, 15) is 0 Å². The summed E-state index contributed by atoms with van der Waals surface area (Å²) < 4.78 is 0. The lowest BCUT2D eigenvalue weighted by Gasteiger charge is -2.09. The Labute approximate surface area is 105 Å². The molecule has 0 spiro atoms. The van der Waals surface area contributed by atoms with Crippen molar-refractivity contribution in [3.63, 3.8) is 0 Å². The maximum Gasteiger partial charge on any atom is 0.171 e. The van der Waals surface area contributed by atoms with Gasteiger partial charge in [0.25, 0.3) is 0 Å². The van der Waals surface area contributed by atoms with Gasteiger partial charge in [0, 0.05) is 16.3 Å². The number of hydrogen-bond donors (Lipinski definition) is 2. The molecule has 5 heteroatoms. The van der Waals surface area contributed by atoms with E-state index in [1.807, 2.05) is 18.2 Å². The monoisotopic (exact) mass is 251 g/mol. The molecular weight excluding hydrogens is 242 g/mol. The van der Waals surface area contributed by atoms with E-state index in [0.29, 0.717) is 22.3 Å². The van der Waals surface area contributed by atoms with Crippen molar-refractivity contribution in [1.29, 1.82) is 5.26 Å². The molecule has 0 bridgehead atoms. The van der Waals surface area contributed by atoms with Crippen LogP contribution >= 0.6 is 23.8 Å². The van der Waals surface area contributed by atoms with Gasteiger partial charge < -0.3 is 10.6 Å². The molecule has 2 N–H and O–H groups in total. The van der Waals surface area contributed by atoms with Crippen molar-refractivity contribution in [2.75, 3.05) is 11.9 Å². The van der Waals surface area contributed by atoms with E-state index in [1.165, 1.54) is 0 Å². The van der Waals surface area contributed by atoms with Crippen LogP contribution in [0.25, 0.3) is 0 Å². The predicted octanol–water partition coefficient (Wildman–Crippen LogP) is 2.71. The lowest BCUT2D eigenvalue weighted by atomic mass is 10.3. The van der Waals surface area contributed by atoms with Crippen molar-refractivity contribution in [3.05, 3.63) is 41.4 Å². The maximum atomic E-state index is 8.50. The van der Waals surface area contributed by atoms with Crippen molar-refractivity contribution >= 4 is 34.6 Å². The van der Waals surface area contributed by atoms with Gasteiger partial charge in [-0.1, -0.05) is 18.2 Å². The highest BCUT2D eigenvalue weighted by atomic mass is 35.5. The van der Waals surface area contributed by atoms with Crippen LogP contribution in [0, 0.1) is 11.3 Å². The van der Waals surface area contributed by atoms with Crippen molar-refractivity contribution in [3.8, 4) is 6.07 Å². The Balaban J connectivity index is 2.43. The smallest absolute Gasteiger partial charge is 0.171 e. The van der Waals surface area contributed by atoms with Gasteiger partial charge in [-0.3, -0.25) is 0 Å². The fraction of sp³-hybridized carbons (Fsp3) is 0.0909. The molecule has 82 valence electrons. The van der Waals surface area contributed by atoms with E-state index < -0.39 is 0 Å². The van der Waals surface area contributed by atoms with Gasteiger partial charge in [-0.15, -0.1) is 0 Å². The Morgan fingerprint density at radius 2 is 2.06 bits per heavy atom. The van der Waals surface area contributed by atoms with Gasteiger partial charge in [-0.2, -0.15) is 5.26 Å². The normalized spacial score (nSPS) is 9.00. The van der Waals surface area contributed by atoms with E-state index in [4.69, 9.17) is 29.1 Å². The second-order valence-electron chi connectivity index (χ2n) is 3.03. The largest absolute Gasteiger partial charge is 0.358 e. The predicted molar refractivity (Wildman–Crippen MR) is 70.4 cm³/mol. The summed E-state index contributed by atoms with van der Waals surface area (Å²) in [6.07, 6.45) is 0. The first-order valence-electron chi connectivity index (χ1n) is 4.50. The summed E-state index contributed by atoms with van der Waals surface area (Å²) in [5.41, 5.74) is 1.27. The summed E-state index contributed by atoms with van der Waals surface area (Å²) in [6, 6.07) is 9.09. The second-order valence-corrected chi connectivity index (χ2v) is 3.87. The Hall–Kier alpha value is -1.57. The summed E-state index contributed by atoms with van der Waals surface area (Å²) in [6.45, 7) is 3.88. The summed E-state index contributed by atoms with van der Waals surface area (Å²) in [7, 11) is 0. The van der Waals surface area contributed by atoms with Crippen molar-refractivity contribution in [2.24, 2.45) is 0 Å². The summed E-state index contributed by atoms with van der Waals surface area (Å²) in [5.74, 6) is 0. The van der Waals surface area contributed by atoms with E-state index >= 15 is 0 Å². The van der Waals surface area contributed by atoms with Gasteiger partial charge in [0.15, 0.2) is 5.11 Å². The van der Waals surface area contributed by atoms with Crippen LogP contribution in [0.3, 0.4) is 0 Å². The first-order valence-corrected chi connectivity index (χ1v) is 5.28. The Morgan fingerprint density at radius 1 is 1.44 bits per heavy atom. The molecule has 16 heavy (non-hydrogen) atoms. The number of nitrogens with zero attached hydrogens (tertiary/aromatic N) is 1. The van der Waals surface area contributed by atoms with Crippen LogP contribution in [0.15, 0.2) is 36.4 Å². The van der Waals surface area contributed by atoms with Crippen LogP contribution in [-0.4, -0.2) is 11.7 Å². The minimum atomic E-state index is 0.343. The third-order valence-electron chi connectivity index (χ3n) is 1.72. The van der Waals surface area contributed by atoms with E-state index in [1.54, 1.807) is 12.1 Å². The van der Waals surface area contributed by atoms with Crippen molar-refractivity contribution in [2.45, 2.75) is 0 Å². The lowest BCUT2D eigenvalue weighted by Crippen LogP contribution is -2.29. The molecule has 0 aliphatic heterocycles. The van der Waals surface area contributed by atoms with Gasteiger partial charge in [0.05, 0.1) is 12.6 Å². The third-order valence-corrected chi connectivity index (χ3v) is 2.22. The summed E-state index contributed by atoms with van der Waals surface area (Å²) in [5, 5.41) is 15.4. The minimum Gasteiger partial charge on any atom is -0.358 e. The Morgan fingerprint density at radius 3 is 2.62 bits per heavy atom. The maximum absolute atomic E-state index is 8.50. The average Bonchev–Trinajstić information content (AvgIpc) is 2.29. The molecule has 0 heterocycles. The minimum absolute atomic E-state index is 0.343.